The van der Waals surface area contributed by atoms with Crippen LogP contribution < -0.4 is 5.32 Å². The molecule has 1 atom stereocenters. The van der Waals surface area contributed by atoms with Gasteiger partial charge in [-0.3, -0.25) is 0 Å². The van der Waals surface area contributed by atoms with Gasteiger partial charge in [-0.15, -0.1) is 0 Å². The zero-order chi connectivity index (χ0) is 11.2. The lowest BCUT2D eigenvalue weighted by molar-refractivity contribution is -0.0864. The molecule has 0 amide bonds. The van der Waals surface area contributed by atoms with Gasteiger partial charge < -0.3 is 19.4 Å². The van der Waals surface area contributed by atoms with E-state index in [4.69, 9.17) is 9.47 Å². The topological polar surface area (TPSA) is 48.3 Å². The third-order valence-electron chi connectivity index (χ3n) is 2.70. The van der Waals surface area contributed by atoms with Crippen LogP contribution in [0.5, 0.6) is 0 Å². The van der Waals surface area contributed by atoms with Crippen molar-refractivity contribution in [1.82, 2.24) is 14.9 Å². The predicted octanol–water partition coefficient (Wildman–Crippen LogP) is 0.408. The van der Waals surface area contributed by atoms with Gasteiger partial charge in [0.25, 0.3) is 0 Å². The molecule has 16 heavy (non-hydrogen) atoms. The van der Waals surface area contributed by atoms with Crippen molar-refractivity contribution in [1.29, 1.82) is 0 Å². The molecule has 1 fully saturated rings. The highest BCUT2D eigenvalue weighted by Crippen LogP contribution is 2.01. The van der Waals surface area contributed by atoms with Crippen molar-refractivity contribution >= 4 is 0 Å². The number of nitrogens with zero attached hydrogens (tertiary/aromatic N) is 2. The second-order valence-electron chi connectivity index (χ2n) is 3.87. The Morgan fingerprint density at radius 1 is 1.56 bits per heavy atom. The van der Waals surface area contributed by atoms with Gasteiger partial charge in [-0.25, -0.2) is 4.98 Å². The van der Waals surface area contributed by atoms with Crippen molar-refractivity contribution in [3.8, 4) is 0 Å². The van der Waals surface area contributed by atoms with Crippen LogP contribution in [-0.2, 0) is 22.6 Å². The Bertz CT molecular complexity index is 308. The number of aryl methyl sites for hydroxylation is 1. The van der Waals surface area contributed by atoms with Crippen molar-refractivity contribution in [3.05, 3.63) is 18.2 Å². The fourth-order valence-electron chi connectivity index (χ4n) is 1.80. The first-order valence-corrected chi connectivity index (χ1v) is 5.79. The molecule has 0 aromatic carbocycles. The molecule has 0 spiro atoms. The van der Waals surface area contributed by atoms with E-state index in [2.05, 4.69) is 21.8 Å². The summed E-state index contributed by atoms with van der Waals surface area (Å²) in [4.78, 5) is 4.13. The summed E-state index contributed by atoms with van der Waals surface area (Å²) in [6, 6.07) is 0. The van der Waals surface area contributed by atoms with E-state index in [0.717, 1.165) is 26.2 Å². The van der Waals surface area contributed by atoms with Crippen LogP contribution in [0.15, 0.2) is 12.5 Å². The molecule has 2 rings (SSSR count). The molecule has 0 bridgehead atoms. The average molecular weight is 225 g/mol. The summed E-state index contributed by atoms with van der Waals surface area (Å²) < 4.78 is 13.0. The van der Waals surface area contributed by atoms with Gasteiger partial charge >= 0.3 is 0 Å². The third kappa shape index (κ3) is 3.04. The minimum atomic E-state index is 0.187. The average Bonchev–Trinajstić information content (AvgIpc) is 2.78. The van der Waals surface area contributed by atoms with E-state index < -0.39 is 0 Å². The number of aromatic nitrogens is 2. The molecule has 0 saturated carbocycles. The summed E-state index contributed by atoms with van der Waals surface area (Å²) in [5.41, 5.74) is 1.21. The predicted molar refractivity (Wildman–Crippen MR) is 60.2 cm³/mol. The first-order valence-electron chi connectivity index (χ1n) is 5.79. The van der Waals surface area contributed by atoms with E-state index in [1.165, 1.54) is 5.69 Å². The van der Waals surface area contributed by atoms with Crippen LogP contribution in [0.3, 0.4) is 0 Å². The molecule has 5 nitrogen and oxygen atoms in total. The van der Waals surface area contributed by atoms with Crippen LogP contribution in [0, 0.1) is 0 Å². The molecule has 90 valence electrons. The van der Waals surface area contributed by atoms with Gasteiger partial charge in [0.2, 0.25) is 0 Å². The molecule has 5 heteroatoms. The highest BCUT2D eigenvalue weighted by Gasteiger charge is 2.13. The molecule has 1 aromatic heterocycles. The van der Waals surface area contributed by atoms with Crippen molar-refractivity contribution < 1.29 is 9.47 Å². The summed E-state index contributed by atoms with van der Waals surface area (Å²) in [6.45, 7) is 6.85. The number of imidazole rings is 1. The van der Waals surface area contributed by atoms with E-state index in [1.807, 2.05) is 12.5 Å². The van der Waals surface area contributed by atoms with Gasteiger partial charge in [-0.05, 0) is 6.92 Å². The van der Waals surface area contributed by atoms with Gasteiger partial charge in [0.15, 0.2) is 0 Å². The number of nitrogens with one attached hydrogen (secondary N) is 1. The zero-order valence-electron chi connectivity index (χ0n) is 9.69. The van der Waals surface area contributed by atoms with Crippen LogP contribution in [0.1, 0.15) is 12.6 Å². The monoisotopic (exact) mass is 225 g/mol. The number of hydrogen-bond donors (Lipinski definition) is 1. The lowest BCUT2D eigenvalue weighted by atomic mass is 10.3. The summed E-state index contributed by atoms with van der Waals surface area (Å²) in [5, 5.41) is 3.37. The van der Waals surface area contributed by atoms with Crippen LogP contribution in [0.25, 0.3) is 0 Å². The minimum Gasteiger partial charge on any atom is -0.376 e. The molecular weight excluding hydrogens is 206 g/mol. The zero-order valence-corrected chi connectivity index (χ0v) is 9.69. The Kier molecular flexibility index (Phi) is 4.33. The highest BCUT2D eigenvalue weighted by atomic mass is 16.6. The third-order valence-corrected chi connectivity index (χ3v) is 2.70. The standard InChI is InChI=1S/C11H19N3O2/c1-2-14-9-13-6-10(14)5-12-7-11-8-15-3-4-16-11/h6,9,11-12H,2-5,7-8H2,1H3. The number of rotatable bonds is 5. The van der Waals surface area contributed by atoms with Crippen molar-refractivity contribution in [2.24, 2.45) is 0 Å². The summed E-state index contributed by atoms with van der Waals surface area (Å²) in [5.74, 6) is 0. The quantitative estimate of drug-likeness (QED) is 0.788. The van der Waals surface area contributed by atoms with Gasteiger partial charge in [0.1, 0.15) is 0 Å². The van der Waals surface area contributed by atoms with Crippen LogP contribution in [0.2, 0.25) is 0 Å². The first kappa shape index (κ1) is 11.6. The van der Waals surface area contributed by atoms with E-state index in [-0.39, 0.29) is 6.10 Å². The fraction of sp³-hybridized carbons (Fsp3) is 0.727. The Morgan fingerprint density at radius 2 is 2.50 bits per heavy atom. The molecule has 1 saturated heterocycles. The minimum absolute atomic E-state index is 0.187. The molecule has 1 aromatic rings. The maximum Gasteiger partial charge on any atom is 0.0948 e. The molecule has 1 aliphatic heterocycles. The lowest BCUT2D eigenvalue weighted by Crippen LogP contribution is -2.37. The van der Waals surface area contributed by atoms with Crippen LogP contribution in [0.4, 0.5) is 0 Å². The second-order valence-corrected chi connectivity index (χ2v) is 3.87. The van der Waals surface area contributed by atoms with Crippen molar-refractivity contribution in [3.63, 3.8) is 0 Å². The lowest BCUT2D eigenvalue weighted by Gasteiger charge is -2.23. The van der Waals surface area contributed by atoms with Gasteiger partial charge in [0, 0.05) is 25.8 Å². The van der Waals surface area contributed by atoms with E-state index in [1.54, 1.807) is 0 Å². The fourth-order valence-corrected chi connectivity index (χ4v) is 1.80. The Labute approximate surface area is 95.8 Å². The Morgan fingerprint density at radius 3 is 3.25 bits per heavy atom. The molecule has 1 unspecified atom stereocenters. The van der Waals surface area contributed by atoms with E-state index in [9.17, 15) is 0 Å². The molecule has 0 radical (unpaired) electrons. The summed E-state index contributed by atoms with van der Waals surface area (Å²) in [7, 11) is 0. The largest absolute Gasteiger partial charge is 0.376 e. The Balaban J connectivity index is 1.71. The maximum absolute atomic E-state index is 5.54. The Hall–Kier alpha value is -0.910. The molecule has 0 aliphatic carbocycles. The number of hydrogen-bond acceptors (Lipinski definition) is 4. The van der Waals surface area contributed by atoms with Crippen molar-refractivity contribution in [2.75, 3.05) is 26.4 Å². The van der Waals surface area contributed by atoms with Crippen molar-refractivity contribution in [2.45, 2.75) is 26.1 Å². The molecular formula is C11H19N3O2. The smallest absolute Gasteiger partial charge is 0.0948 e. The van der Waals surface area contributed by atoms with E-state index in [0.29, 0.717) is 13.2 Å². The van der Waals surface area contributed by atoms with Gasteiger partial charge in [0.05, 0.1) is 37.9 Å². The molecule has 1 aliphatic rings. The van der Waals surface area contributed by atoms with Gasteiger partial charge in [-0.2, -0.15) is 0 Å². The molecule has 1 N–H and O–H groups in total. The second kappa shape index (κ2) is 5.98. The van der Waals surface area contributed by atoms with E-state index >= 15 is 0 Å². The maximum atomic E-state index is 5.54. The summed E-state index contributed by atoms with van der Waals surface area (Å²) >= 11 is 0. The van der Waals surface area contributed by atoms with Crippen LogP contribution >= 0.6 is 0 Å². The van der Waals surface area contributed by atoms with Crippen LogP contribution in [-0.4, -0.2) is 42.0 Å². The molecule has 2 heterocycles. The van der Waals surface area contributed by atoms with Gasteiger partial charge in [-0.1, -0.05) is 0 Å². The number of ether oxygens (including phenoxy) is 2. The first-order chi connectivity index (χ1) is 7.90. The summed E-state index contributed by atoms with van der Waals surface area (Å²) in [6.07, 6.45) is 3.94. The highest BCUT2D eigenvalue weighted by molar-refractivity contribution is 4.97. The SMILES string of the molecule is CCn1cncc1CNCC1COCCO1. The normalized spacial score (nSPS) is 21.2.